The van der Waals surface area contributed by atoms with Crippen molar-refractivity contribution in [1.29, 1.82) is 0 Å². The fraction of sp³-hybridized carbons (Fsp3) is 0.235. The molecule has 2 aromatic rings. The van der Waals surface area contributed by atoms with Crippen LogP contribution in [-0.2, 0) is 24.2 Å². The van der Waals surface area contributed by atoms with Crippen LogP contribution in [0.2, 0.25) is 0 Å². The second kappa shape index (κ2) is 6.08. The number of benzene rings is 2. The van der Waals surface area contributed by atoms with Gasteiger partial charge in [0.25, 0.3) is 5.69 Å². The van der Waals surface area contributed by atoms with E-state index in [0.29, 0.717) is 12.1 Å². The molecule has 1 aliphatic heterocycles. The van der Waals surface area contributed by atoms with Gasteiger partial charge < -0.3 is 10.0 Å². The van der Waals surface area contributed by atoms with E-state index >= 15 is 0 Å². The highest BCUT2D eigenvalue weighted by Crippen LogP contribution is 2.30. The van der Waals surface area contributed by atoms with E-state index in [0.717, 1.165) is 18.7 Å². The maximum atomic E-state index is 11.1. The number of anilines is 1. The number of rotatable bonds is 4. The normalized spacial score (nSPS) is 13.5. The minimum Gasteiger partial charge on any atom is -0.481 e. The second-order valence-electron chi connectivity index (χ2n) is 5.58. The van der Waals surface area contributed by atoms with Gasteiger partial charge in [-0.3, -0.25) is 14.9 Å². The highest BCUT2D eigenvalue weighted by Gasteiger charge is 2.21. The van der Waals surface area contributed by atoms with Gasteiger partial charge in [-0.05, 0) is 29.2 Å². The Morgan fingerprint density at radius 2 is 1.96 bits per heavy atom. The molecule has 2 aromatic carbocycles. The SMILES string of the molecule is O=C(O)Cc1cc([N+](=O)[O-])ccc1N1CCc2ccccc2C1. The van der Waals surface area contributed by atoms with Crippen molar-refractivity contribution in [1.82, 2.24) is 0 Å². The van der Waals surface area contributed by atoms with E-state index in [-0.39, 0.29) is 12.1 Å². The first-order valence-electron chi connectivity index (χ1n) is 7.35. The molecule has 0 saturated carbocycles. The molecule has 0 fully saturated rings. The first-order valence-corrected chi connectivity index (χ1v) is 7.35. The molecule has 6 nitrogen and oxygen atoms in total. The highest BCUT2D eigenvalue weighted by atomic mass is 16.6. The summed E-state index contributed by atoms with van der Waals surface area (Å²) in [6.07, 6.45) is 0.648. The van der Waals surface area contributed by atoms with Gasteiger partial charge in [-0.2, -0.15) is 0 Å². The first kappa shape index (κ1) is 15.0. The van der Waals surface area contributed by atoms with Gasteiger partial charge in [0.05, 0.1) is 11.3 Å². The Labute approximate surface area is 133 Å². The summed E-state index contributed by atoms with van der Waals surface area (Å²) in [4.78, 5) is 23.6. The number of carbonyl (C=O) groups is 1. The van der Waals surface area contributed by atoms with Gasteiger partial charge in [-0.25, -0.2) is 0 Å². The molecule has 1 heterocycles. The molecule has 3 rings (SSSR count). The summed E-state index contributed by atoms with van der Waals surface area (Å²) in [6, 6.07) is 12.6. The minimum atomic E-state index is -0.996. The lowest BCUT2D eigenvalue weighted by Crippen LogP contribution is -2.31. The summed E-state index contributed by atoms with van der Waals surface area (Å²) in [5, 5.41) is 20.0. The Kier molecular flexibility index (Phi) is 3.97. The molecule has 0 spiro atoms. The van der Waals surface area contributed by atoms with E-state index in [1.165, 1.54) is 23.3 Å². The fourth-order valence-electron chi connectivity index (χ4n) is 3.00. The minimum absolute atomic E-state index is 0.0811. The van der Waals surface area contributed by atoms with Crippen molar-refractivity contribution in [3.8, 4) is 0 Å². The van der Waals surface area contributed by atoms with E-state index in [1.807, 2.05) is 12.1 Å². The molecule has 0 bridgehead atoms. The van der Waals surface area contributed by atoms with Crippen molar-refractivity contribution in [2.24, 2.45) is 0 Å². The number of aliphatic carboxylic acids is 1. The molecule has 1 N–H and O–H groups in total. The van der Waals surface area contributed by atoms with Crippen LogP contribution in [0.4, 0.5) is 11.4 Å². The Morgan fingerprint density at radius 3 is 2.65 bits per heavy atom. The number of nitro benzene ring substituents is 1. The highest BCUT2D eigenvalue weighted by molar-refractivity contribution is 5.74. The molecule has 0 radical (unpaired) electrons. The lowest BCUT2D eigenvalue weighted by Gasteiger charge is -2.32. The van der Waals surface area contributed by atoms with Gasteiger partial charge in [0, 0.05) is 30.9 Å². The van der Waals surface area contributed by atoms with E-state index in [2.05, 4.69) is 17.0 Å². The van der Waals surface area contributed by atoms with Gasteiger partial charge in [0.15, 0.2) is 0 Å². The maximum Gasteiger partial charge on any atom is 0.307 e. The van der Waals surface area contributed by atoms with Crippen molar-refractivity contribution >= 4 is 17.3 Å². The number of carboxylic acid groups (broad SMARTS) is 1. The zero-order valence-corrected chi connectivity index (χ0v) is 12.4. The van der Waals surface area contributed by atoms with Crippen molar-refractivity contribution < 1.29 is 14.8 Å². The lowest BCUT2D eigenvalue weighted by molar-refractivity contribution is -0.384. The molecule has 0 atom stereocenters. The first-order chi connectivity index (χ1) is 11.0. The molecule has 0 unspecified atom stereocenters. The summed E-state index contributed by atoms with van der Waals surface area (Å²) in [5.41, 5.74) is 3.66. The molecule has 6 heteroatoms. The number of hydrogen-bond acceptors (Lipinski definition) is 4. The zero-order chi connectivity index (χ0) is 16.4. The van der Waals surface area contributed by atoms with Gasteiger partial charge in [-0.15, -0.1) is 0 Å². The average Bonchev–Trinajstić information content (AvgIpc) is 2.53. The zero-order valence-electron chi connectivity index (χ0n) is 12.4. The topological polar surface area (TPSA) is 83.7 Å². The number of nitro groups is 1. The van der Waals surface area contributed by atoms with Crippen LogP contribution in [0.5, 0.6) is 0 Å². The summed E-state index contributed by atoms with van der Waals surface area (Å²) in [5.74, 6) is -0.996. The largest absolute Gasteiger partial charge is 0.481 e. The van der Waals surface area contributed by atoms with Crippen LogP contribution < -0.4 is 4.90 Å². The monoisotopic (exact) mass is 312 g/mol. The Hall–Kier alpha value is -2.89. The lowest BCUT2D eigenvalue weighted by atomic mass is 9.98. The average molecular weight is 312 g/mol. The molecular weight excluding hydrogens is 296 g/mol. The Bertz CT molecular complexity index is 773. The third-order valence-electron chi connectivity index (χ3n) is 4.09. The predicted octanol–water partition coefficient (Wildman–Crippen LogP) is 2.78. The smallest absolute Gasteiger partial charge is 0.307 e. The van der Waals surface area contributed by atoms with Crippen LogP contribution in [-0.4, -0.2) is 22.5 Å². The van der Waals surface area contributed by atoms with Gasteiger partial charge in [0.2, 0.25) is 0 Å². The van der Waals surface area contributed by atoms with Crippen LogP contribution in [0, 0.1) is 10.1 Å². The molecule has 23 heavy (non-hydrogen) atoms. The number of non-ortho nitro benzene ring substituents is 1. The quantitative estimate of drug-likeness (QED) is 0.693. The van der Waals surface area contributed by atoms with Gasteiger partial charge in [0.1, 0.15) is 0 Å². The van der Waals surface area contributed by atoms with Crippen LogP contribution in [0.25, 0.3) is 0 Å². The number of hydrogen-bond donors (Lipinski definition) is 1. The fourth-order valence-corrected chi connectivity index (χ4v) is 3.00. The number of nitrogens with zero attached hydrogens (tertiary/aromatic N) is 2. The standard InChI is InChI=1S/C17H16N2O4/c20-17(21)10-14-9-15(19(22)23)5-6-16(14)18-8-7-12-3-1-2-4-13(12)11-18/h1-6,9H,7-8,10-11H2,(H,20,21). The van der Waals surface area contributed by atoms with E-state index in [9.17, 15) is 14.9 Å². The van der Waals surface area contributed by atoms with E-state index in [1.54, 1.807) is 6.07 Å². The van der Waals surface area contributed by atoms with Crippen molar-refractivity contribution in [3.63, 3.8) is 0 Å². The second-order valence-corrected chi connectivity index (χ2v) is 5.58. The molecule has 118 valence electrons. The maximum absolute atomic E-state index is 11.1. The number of carboxylic acids is 1. The molecule has 1 aliphatic rings. The molecular formula is C17H16N2O4. The third kappa shape index (κ3) is 3.15. The molecule has 0 aromatic heterocycles. The predicted molar refractivity (Wildman–Crippen MR) is 85.6 cm³/mol. The number of fused-ring (bicyclic) bond motifs is 1. The third-order valence-corrected chi connectivity index (χ3v) is 4.09. The molecule has 0 amide bonds. The summed E-state index contributed by atoms with van der Waals surface area (Å²) < 4.78 is 0. The Morgan fingerprint density at radius 1 is 1.22 bits per heavy atom. The van der Waals surface area contributed by atoms with Crippen LogP contribution in [0.3, 0.4) is 0 Å². The molecule has 0 aliphatic carbocycles. The van der Waals surface area contributed by atoms with Crippen molar-refractivity contribution in [2.75, 3.05) is 11.4 Å². The summed E-state index contributed by atoms with van der Waals surface area (Å²) >= 11 is 0. The van der Waals surface area contributed by atoms with Crippen molar-refractivity contribution in [2.45, 2.75) is 19.4 Å². The molecule has 0 saturated heterocycles. The van der Waals surface area contributed by atoms with Gasteiger partial charge >= 0.3 is 5.97 Å². The van der Waals surface area contributed by atoms with Crippen LogP contribution >= 0.6 is 0 Å². The van der Waals surface area contributed by atoms with E-state index in [4.69, 9.17) is 5.11 Å². The van der Waals surface area contributed by atoms with Crippen LogP contribution in [0.1, 0.15) is 16.7 Å². The van der Waals surface area contributed by atoms with E-state index < -0.39 is 10.9 Å². The summed E-state index contributed by atoms with van der Waals surface area (Å²) in [7, 11) is 0. The summed E-state index contributed by atoms with van der Waals surface area (Å²) in [6.45, 7) is 1.45. The van der Waals surface area contributed by atoms with Gasteiger partial charge in [-0.1, -0.05) is 24.3 Å². The van der Waals surface area contributed by atoms with Crippen LogP contribution in [0.15, 0.2) is 42.5 Å². The Balaban J connectivity index is 1.96. The van der Waals surface area contributed by atoms with Crippen molar-refractivity contribution in [3.05, 3.63) is 69.3 Å².